The molecular formula is C13H17F2. The lowest BCUT2D eigenvalue weighted by Gasteiger charge is -2.01. The molecule has 0 aliphatic heterocycles. The van der Waals surface area contributed by atoms with Crippen LogP contribution in [0.4, 0.5) is 8.78 Å². The van der Waals surface area contributed by atoms with Crippen molar-refractivity contribution in [3.63, 3.8) is 0 Å². The molecule has 0 saturated carbocycles. The molecule has 0 bridgehead atoms. The third-order valence-corrected chi connectivity index (χ3v) is 2.42. The molecule has 0 nitrogen and oxygen atoms in total. The van der Waals surface area contributed by atoms with Crippen LogP contribution in [0.5, 0.6) is 0 Å². The highest BCUT2D eigenvalue weighted by atomic mass is 19.3. The Labute approximate surface area is 90.3 Å². The van der Waals surface area contributed by atoms with Gasteiger partial charge >= 0.3 is 6.43 Å². The number of halogens is 2. The Hall–Kier alpha value is -0.920. The van der Waals surface area contributed by atoms with Crippen molar-refractivity contribution in [2.45, 2.75) is 38.5 Å². The second-order valence-corrected chi connectivity index (χ2v) is 3.74. The molecule has 0 N–H and O–H groups in total. The van der Waals surface area contributed by atoms with Crippen molar-refractivity contribution >= 4 is 0 Å². The molecule has 0 spiro atoms. The summed E-state index contributed by atoms with van der Waals surface area (Å²) in [5.41, 5.74) is 1.33. The van der Waals surface area contributed by atoms with Crippen LogP contribution in [0.25, 0.3) is 0 Å². The Morgan fingerprint density at radius 3 is 2.20 bits per heavy atom. The minimum Gasteiger partial charge on any atom is -0.200 e. The Morgan fingerprint density at radius 2 is 1.53 bits per heavy atom. The number of aryl methyl sites for hydroxylation is 1. The molecule has 1 aromatic rings. The predicted octanol–water partition coefficient (Wildman–Crippen LogP) is 4.61. The van der Waals surface area contributed by atoms with Gasteiger partial charge in [0.05, 0.1) is 0 Å². The van der Waals surface area contributed by atoms with E-state index >= 15 is 0 Å². The number of hydrogen-bond donors (Lipinski definition) is 0. The van der Waals surface area contributed by atoms with Crippen molar-refractivity contribution in [2.24, 2.45) is 0 Å². The van der Waals surface area contributed by atoms with E-state index in [1.54, 1.807) is 0 Å². The molecule has 2 heteroatoms. The fourth-order valence-corrected chi connectivity index (χ4v) is 1.59. The van der Waals surface area contributed by atoms with E-state index in [1.165, 1.54) is 5.56 Å². The van der Waals surface area contributed by atoms with Crippen LogP contribution in [-0.2, 0) is 6.42 Å². The second-order valence-electron chi connectivity index (χ2n) is 3.74. The van der Waals surface area contributed by atoms with Crippen LogP contribution in [0.3, 0.4) is 0 Å². The summed E-state index contributed by atoms with van der Waals surface area (Å²) in [5, 5.41) is 0. The van der Waals surface area contributed by atoms with E-state index in [1.807, 2.05) is 18.2 Å². The van der Waals surface area contributed by atoms with Crippen molar-refractivity contribution in [1.29, 1.82) is 0 Å². The molecule has 0 aromatic heterocycles. The molecule has 1 radical (unpaired) electrons. The van der Waals surface area contributed by atoms with Crippen LogP contribution < -0.4 is 0 Å². The van der Waals surface area contributed by atoms with Gasteiger partial charge in [0.25, 0.3) is 0 Å². The van der Waals surface area contributed by atoms with Crippen molar-refractivity contribution in [2.75, 3.05) is 0 Å². The molecule has 0 amide bonds. The molecule has 0 aliphatic rings. The van der Waals surface area contributed by atoms with E-state index in [-0.39, 0.29) is 6.42 Å². The molecule has 0 atom stereocenters. The minimum absolute atomic E-state index is 0.0225. The van der Waals surface area contributed by atoms with Gasteiger partial charge < -0.3 is 0 Å². The van der Waals surface area contributed by atoms with Gasteiger partial charge in [0, 0.05) is 6.42 Å². The first-order valence-electron chi connectivity index (χ1n) is 5.50. The van der Waals surface area contributed by atoms with E-state index in [9.17, 15) is 8.78 Å². The first kappa shape index (κ1) is 12.2. The maximum absolute atomic E-state index is 11.7. The molecule has 83 valence electrons. The Morgan fingerprint density at radius 1 is 0.867 bits per heavy atom. The molecule has 0 saturated heterocycles. The maximum Gasteiger partial charge on any atom is 0.310 e. The lowest BCUT2D eigenvalue weighted by molar-refractivity contribution is 0.264. The van der Waals surface area contributed by atoms with Crippen molar-refractivity contribution < 1.29 is 8.78 Å². The van der Waals surface area contributed by atoms with Gasteiger partial charge in [0.2, 0.25) is 0 Å². The highest BCUT2D eigenvalue weighted by molar-refractivity contribution is 5.14. The van der Waals surface area contributed by atoms with Gasteiger partial charge in [-0.2, -0.15) is 8.78 Å². The van der Waals surface area contributed by atoms with E-state index in [2.05, 4.69) is 12.1 Å². The highest BCUT2D eigenvalue weighted by Crippen LogP contribution is 2.15. The number of unbranched alkanes of at least 4 members (excludes halogenated alkanes) is 3. The zero-order valence-electron chi connectivity index (χ0n) is 8.89. The standard InChI is InChI=1S/C13H17F2/c14-13(15)11-7-2-1-4-8-12-9-5-3-6-10-12/h3,5-6,9-10H,1-2,4,7-8,11H2. The number of rotatable bonds is 7. The smallest absolute Gasteiger partial charge is 0.200 e. The molecule has 1 aromatic carbocycles. The summed E-state index contributed by atoms with van der Waals surface area (Å²) < 4.78 is 23.5. The van der Waals surface area contributed by atoms with E-state index in [0.717, 1.165) is 25.7 Å². The van der Waals surface area contributed by atoms with Crippen molar-refractivity contribution in [3.8, 4) is 0 Å². The fourth-order valence-electron chi connectivity index (χ4n) is 1.59. The summed E-state index contributed by atoms with van der Waals surface area (Å²) in [7, 11) is 0. The van der Waals surface area contributed by atoms with Gasteiger partial charge in [0.15, 0.2) is 0 Å². The van der Waals surface area contributed by atoms with Crippen LogP contribution in [-0.4, -0.2) is 0 Å². The summed E-state index contributed by atoms with van der Waals surface area (Å²) in [6.07, 6.45) is 3.27. The van der Waals surface area contributed by atoms with Crippen LogP contribution in [0.2, 0.25) is 0 Å². The summed E-state index contributed by atoms with van der Waals surface area (Å²) >= 11 is 0. The summed E-state index contributed by atoms with van der Waals surface area (Å²) in [5.74, 6) is 0. The monoisotopic (exact) mass is 211 g/mol. The molecule has 1 rings (SSSR count). The molecular weight excluding hydrogens is 194 g/mol. The maximum atomic E-state index is 11.7. The van der Waals surface area contributed by atoms with Gasteiger partial charge in [-0.3, -0.25) is 0 Å². The first-order valence-corrected chi connectivity index (χ1v) is 5.50. The molecule has 0 heterocycles. The van der Waals surface area contributed by atoms with Gasteiger partial charge in [0.1, 0.15) is 0 Å². The summed E-state index contributed by atoms with van der Waals surface area (Å²) in [6, 6.07) is 10.3. The van der Waals surface area contributed by atoms with Crippen LogP contribution >= 0.6 is 0 Å². The normalized spacial score (nSPS) is 10.9. The van der Waals surface area contributed by atoms with Gasteiger partial charge in [-0.25, -0.2) is 0 Å². The summed E-state index contributed by atoms with van der Waals surface area (Å²) in [4.78, 5) is 0. The number of benzene rings is 1. The lowest BCUT2D eigenvalue weighted by Crippen LogP contribution is -1.86. The van der Waals surface area contributed by atoms with Crippen LogP contribution in [0, 0.1) is 6.43 Å². The average molecular weight is 211 g/mol. The quantitative estimate of drug-likeness (QED) is 0.578. The molecule has 0 unspecified atom stereocenters. The molecule has 15 heavy (non-hydrogen) atoms. The van der Waals surface area contributed by atoms with Crippen LogP contribution in [0.1, 0.15) is 37.7 Å². The topological polar surface area (TPSA) is 0 Å². The first-order chi connectivity index (χ1) is 7.29. The van der Waals surface area contributed by atoms with E-state index in [4.69, 9.17) is 0 Å². The Bertz CT molecular complexity index is 244. The summed E-state index contributed by atoms with van der Waals surface area (Å²) in [6.45, 7) is 0. The lowest BCUT2D eigenvalue weighted by atomic mass is 10.1. The Balaban J connectivity index is 1.98. The molecule has 0 aliphatic carbocycles. The largest absolute Gasteiger partial charge is 0.310 e. The zero-order chi connectivity index (χ0) is 10.9. The van der Waals surface area contributed by atoms with E-state index < -0.39 is 6.43 Å². The van der Waals surface area contributed by atoms with Crippen molar-refractivity contribution in [3.05, 3.63) is 42.3 Å². The molecule has 0 fully saturated rings. The van der Waals surface area contributed by atoms with Gasteiger partial charge in [-0.05, 0) is 24.8 Å². The zero-order valence-corrected chi connectivity index (χ0v) is 8.89. The second kappa shape index (κ2) is 7.38. The van der Waals surface area contributed by atoms with Gasteiger partial charge in [-0.15, -0.1) is 0 Å². The third-order valence-electron chi connectivity index (χ3n) is 2.42. The van der Waals surface area contributed by atoms with Crippen LogP contribution in [0.15, 0.2) is 30.3 Å². The SMILES string of the molecule is F[C](F)CCCCCCc1ccccc1. The highest BCUT2D eigenvalue weighted by Gasteiger charge is 2.03. The number of hydrogen-bond acceptors (Lipinski definition) is 0. The average Bonchev–Trinajstić information content (AvgIpc) is 2.24. The predicted molar refractivity (Wildman–Crippen MR) is 58.7 cm³/mol. The van der Waals surface area contributed by atoms with Gasteiger partial charge in [-0.1, -0.05) is 43.2 Å². The van der Waals surface area contributed by atoms with E-state index in [0.29, 0.717) is 6.42 Å². The fraction of sp³-hybridized carbons (Fsp3) is 0.462. The Kier molecular flexibility index (Phi) is 5.98. The van der Waals surface area contributed by atoms with Crippen molar-refractivity contribution in [1.82, 2.24) is 0 Å². The third kappa shape index (κ3) is 6.21. The minimum atomic E-state index is -1.43.